The smallest absolute Gasteiger partial charge is 0.338 e. The highest BCUT2D eigenvalue weighted by Crippen LogP contribution is 2.33. The zero-order valence-corrected chi connectivity index (χ0v) is 10.9. The van der Waals surface area contributed by atoms with Crippen molar-refractivity contribution in [3.05, 3.63) is 24.2 Å². The number of rotatable bonds is 6. The molecule has 0 aromatic heterocycles. The average Bonchev–Trinajstić information content (AvgIpc) is 2.39. The maximum Gasteiger partial charge on any atom is 0.338 e. The maximum absolute atomic E-state index is 11.4. The summed E-state index contributed by atoms with van der Waals surface area (Å²) in [6, 6.07) is 3.17. The quantitative estimate of drug-likeness (QED) is 0.461. The minimum atomic E-state index is -0.441. The maximum atomic E-state index is 11.4. The van der Waals surface area contributed by atoms with Gasteiger partial charge in [-0.2, -0.15) is 0 Å². The molecule has 1 aromatic rings. The van der Waals surface area contributed by atoms with Gasteiger partial charge in [-0.3, -0.25) is 0 Å². The first-order valence-electron chi connectivity index (χ1n) is 5.78. The van der Waals surface area contributed by atoms with Crippen molar-refractivity contribution in [3.63, 3.8) is 0 Å². The van der Waals surface area contributed by atoms with Gasteiger partial charge < -0.3 is 20.5 Å². The Morgan fingerprint density at radius 2 is 2.17 bits per heavy atom. The van der Waals surface area contributed by atoms with Crippen molar-refractivity contribution < 1.29 is 14.3 Å². The lowest BCUT2D eigenvalue weighted by Gasteiger charge is -2.14. The van der Waals surface area contributed by atoms with Gasteiger partial charge in [0.25, 0.3) is 0 Å². The van der Waals surface area contributed by atoms with Crippen LogP contribution in [0.15, 0.2) is 12.1 Å². The highest BCUT2D eigenvalue weighted by atomic mass is 16.5. The van der Waals surface area contributed by atoms with Crippen LogP contribution in [0.5, 0.6) is 5.75 Å². The molecule has 0 aliphatic rings. The Kier molecular flexibility index (Phi) is 5.30. The summed E-state index contributed by atoms with van der Waals surface area (Å²) in [7, 11) is 2.85. The lowest BCUT2D eigenvalue weighted by atomic mass is 10.1. The third kappa shape index (κ3) is 3.29. The summed E-state index contributed by atoms with van der Waals surface area (Å²) in [6.45, 7) is 3.99. The molecule has 0 amide bonds. The normalized spacial score (nSPS) is 9.94. The van der Waals surface area contributed by atoms with E-state index in [1.165, 1.54) is 14.2 Å². The number of methoxy groups -OCH3 is 2. The highest BCUT2D eigenvalue weighted by Gasteiger charge is 2.14. The molecule has 3 N–H and O–H groups in total. The van der Waals surface area contributed by atoms with Gasteiger partial charge in [-0.25, -0.2) is 4.79 Å². The zero-order valence-electron chi connectivity index (χ0n) is 10.9. The molecular weight excluding hydrogens is 232 g/mol. The molecule has 1 radical (unpaired) electrons. The molecule has 0 fully saturated rings. The molecule has 0 aliphatic carbocycles. The molecule has 0 bridgehead atoms. The molecule has 0 spiro atoms. The van der Waals surface area contributed by atoms with Crippen LogP contribution in [0.4, 0.5) is 11.4 Å². The van der Waals surface area contributed by atoms with Gasteiger partial charge in [0.05, 0.1) is 25.5 Å². The second-order valence-electron chi connectivity index (χ2n) is 3.77. The summed E-state index contributed by atoms with van der Waals surface area (Å²) in [4.78, 5) is 11.4. The van der Waals surface area contributed by atoms with Gasteiger partial charge in [0, 0.05) is 6.54 Å². The molecule has 1 aromatic carbocycles. The number of hydrogen-bond donors (Lipinski definition) is 2. The van der Waals surface area contributed by atoms with Crippen molar-refractivity contribution >= 4 is 17.3 Å². The van der Waals surface area contributed by atoms with Crippen LogP contribution in [0.2, 0.25) is 0 Å². The van der Waals surface area contributed by atoms with Gasteiger partial charge in [0.15, 0.2) is 0 Å². The molecule has 0 saturated carbocycles. The first-order valence-corrected chi connectivity index (χ1v) is 5.78. The van der Waals surface area contributed by atoms with E-state index in [1.807, 2.05) is 6.54 Å². The number of anilines is 2. The number of carbonyl (C=O) groups is 1. The summed E-state index contributed by atoms with van der Waals surface area (Å²) in [5.41, 5.74) is 7.38. The fraction of sp³-hybridized carbons (Fsp3) is 0.385. The highest BCUT2D eigenvalue weighted by molar-refractivity contribution is 5.93. The van der Waals surface area contributed by atoms with Crippen molar-refractivity contribution in [2.24, 2.45) is 0 Å². The Morgan fingerprint density at radius 1 is 1.44 bits per heavy atom. The predicted molar refractivity (Wildman–Crippen MR) is 71.6 cm³/mol. The molecule has 0 atom stereocenters. The van der Waals surface area contributed by atoms with E-state index in [9.17, 15) is 4.79 Å². The summed E-state index contributed by atoms with van der Waals surface area (Å²) in [5, 5.41) is 3.09. The number of hydrogen-bond acceptors (Lipinski definition) is 5. The lowest BCUT2D eigenvalue weighted by Crippen LogP contribution is -2.07. The minimum Gasteiger partial charge on any atom is -0.494 e. The minimum absolute atomic E-state index is 0.368. The van der Waals surface area contributed by atoms with Gasteiger partial charge >= 0.3 is 5.97 Å². The van der Waals surface area contributed by atoms with Crippen LogP contribution >= 0.6 is 0 Å². The Balaban J connectivity index is 3.00. The summed E-state index contributed by atoms with van der Waals surface area (Å²) >= 11 is 0. The first-order chi connectivity index (χ1) is 8.63. The summed E-state index contributed by atoms with van der Waals surface area (Å²) < 4.78 is 9.87. The van der Waals surface area contributed by atoms with Crippen LogP contribution in [0.3, 0.4) is 0 Å². The van der Waals surface area contributed by atoms with E-state index in [0.717, 1.165) is 12.8 Å². The van der Waals surface area contributed by atoms with E-state index in [2.05, 4.69) is 17.0 Å². The number of unbranched alkanes of at least 4 members (excludes halogenated alkanes) is 1. The molecular formula is C13H19N2O3. The molecule has 5 nitrogen and oxygen atoms in total. The Hall–Kier alpha value is -1.91. The number of nitrogens with one attached hydrogen (secondary N) is 1. The topological polar surface area (TPSA) is 73.6 Å². The molecule has 0 unspecified atom stereocenters. The third-order valence-corrected chi connectivity index (χ3v) is 2.45. The SMILES string of the molecule is CCC[CH]Nc1c(N)cc(C(=O)OC)cc1OC. The molecule has 0 heterocycles. The fourth-order valence-corrected chi connectivity index (χ4v) is 1.51. The molecule has 0 saturated heterocycles. The number of nitrogen functional groups attached to an aromatic ring is 1. The lowest BCUT2D eigenvalue weighted by molar-refractivity contribution is 0.0600. The van der Waals surface area contributed by atoms with Crippen LogP contribution in [0.1, 0.15) is 30.1 Å². The van der Waals surface area contributed by atoms with Crippen LogP contribution < -0.4 is 15.8 Å². The second-order valence-corrected chi connectivity index (χ2v) is 3.77. The number of nitrogens with two attached hydrogens (primary N) is 1. The van der Waals surface area contributed by atoms with Gasteiger partial charge in [0.2, 0.25) is 0 Å². The second kappa shape index (κ2) is 6.74. The molecule has 1 rings (SSSR count). The van der Waals surface area contributed by atoms with E-state index in [-0.39, 0.29) is 0 Å². The van der Waals surface area contributed by atoms with Gasteiger partial charge in [-0.1, -0.05) is 13.3 Å². The number of ether oxygens (including phenoxy) is 2. The zero-order chi connectivity index (χ0) is 13.5. The fourth-order valence-electron chi connectivity index (χ4n) is 1.51. The summed E-state index contributed by atoms with van der Waals surface area (Å²) in [5.74, 6) is 0.0758. The van der Waals surface area contributed by atoms with E-state index in [4.69, 9.17) is 10.5 Å². The number of benzene rings is 1. The summed E-state index contributed by atoms with van der Waals surface area (Å²) in [6.07, 6.45) is 1.96. The Bertz CT molecular complexity index is 419. The van der Waals surface area contributed by atoms with Crippen molar-refractivity contribution in [1.82, 2.24) is 0 Å². The molecule has 99 valence electrons. The van der Waals surface area contributed by atoms with Crippen molar-refractivity contribution in [1.29, 1.82) is 0 Å². The number of esters is 1. The monoisotopic (exact) mass is 251 g/mol. The average molecular weight is 251 g/mol. The van der Waals surface area contributed by atoms with Crippen LogP contribution in [-0.2, 0) is 4.74 Å². The Labute approximate surface area is 107 Å². The standard InChI is InChI=1S/C13H19N2O3/c1-4-5-6-15-12-10(14)7-9(13(16)18-3)8-11(12)17-2/h6-8,15H,4-5,14H2,1-3H3. The third-order valence-electron chi connectivity index (χ3n) is 2.45. The van der Waals surface area contributed by atoms with Crippen molar-refractivity contribution in [3.8, 4) is 5.75 Å². The van der Waals surface area contributed by atoms with Crippen molar-refractivity contribution in [2.75, 3.05) is 25.3 Å². The van der Waals surface area contributed by atoms with Gasteiger partial charge in [-0.15, -0.1) is 0 Å². The first kappa shape index (κ1) is 14.2. The van der Waals surface area contributed by atoms with Crippen molar-refractivity contribution in [2.45, 2.75) is 19.8 Å². The Morgan fingerprint density at radius 3 is 2.72 bits per heavy atom. The van der Waals surface area contributed by atoms with Crippen LogP contribution in [0.25, 0.3) is 0 Å². The van der Waals surface area contributed by atoms with E-state index < -0.39 is 5.97 Å². The largest absolute Gasteiger partial charge is 0.494 e. The van der Waals surface area contributed by atoms with E-state index >= 15 is 0 Å². The number of carbonyl (C=O) groups excluding carboxylic acids is 1. The molecule has 5 heteroatoms. The van der Waals surface area contributed by atoms with Crippen LogP contribution in [-0.4, -0.2) is 20.2 Å². The van der Waals surface area contributed by atoms with Crippen LogP contribution in [0, 0.1) is 6.54 Å². The predicted octanol–water partition coefficient (Wildman–Crippen LogP) is 2.44. The van der Waals surface area contributed by atoms with Gasteiger partial charge in [0.1, 0.15) is 11.4 Å². The molecule has 18 heavy (non-hydrogen) atoms. The van der Waals surface area contributed by atoms with E-state index in [0.29, 0.717) is 22.7 Å². The van der Waals surface area contributed by atoms with E-state index in [1.54, 1.807) is 12.1 Å². The van der Waals surface area contributed by atoms with Gasteiger partial charge in [-0.05, 0) is 18.6 Å². The molecule has 0 aliphatic heterocycles.